The van der Waals surface area contributed by atoms with Crippen LogP contribution in [0, 0.1) is 0 Å². The van der Waals surface area contributed by atoms with Gasteiger partial charge in [-0.25, -0.2) is 0 Å². The summed E-state index contributed by atoms with van der Waals surface area (Å²) >= 11 is 0. The van der Waals surface area contributed by atoms with Crippen LogP contribution in [-0.4, -0.2) is 30.0 Å². The van der Waals surface area contributed by atoms with Crippen LogP contribution in [0.3, 0.4) is 0 Å². The van der Waals surface area contributed by atoms with E-state index in [9.17, 15) is 4.79 Å². The van der Waals surface area contributed by atoms with E-state index in [0.717, 1.165) is 30.9 Å². The smallest absolute Gasteiger partial charge is 0.166 e. The summed E-state index contributed by atoms with van der Waals surface area (Å²) in [6.07, 6.45) is 4.78. The molecule has 1 aromatic rings. The Morgan fingerprint density at radius 3 is 3.19 bits per heavy atom. The van der Waals surface area contributed by atoms with Gasteiger partial charge in [0.25, 0.3) is 0 Å². The van der Waals surface area contributed by atoms with Crippen LogP contribution in [0.15, 0.2) is 6.07 Å². The molecule has 1 atom stereocenters. The van der Waals surface area contributed by atoms with Crippen LogP contribution >= 0.6 is 0 Å². The molecule has 1 unspecified atom stereocenters. The Kier molecular flexibility index (Phi) is 2.16. The number of anilines is 2. The number of nitrogens with zero attached hydrogens (tertiary/aromatic N) is 2. The van der Waals surface area contributed by atoms with Crippen molar-refractivity contribution in [2.24, 2.45) is 7.05 Å². The number of nitrogens with one attached hydrogen (secondary N) is 1. The number of carbonyl (C=O) groups excluding carboxylic acids is 1. The number of carbonyl (C=O) groups is 1. The van der Waals surface area contributed by atoms with Crippen LogP contribution in [-0.2, 0) is 7.05 Å². The monoisotopic (exact) mass is 219 g/mol. The molecule has 16 heavy (non-hydrogen) atoms. The molecule has 0 saturated carbocycles. The number of hydrogen-bond acceptors (Lipinski definition) is 3. The molecule has 0 bridgehead atoms. The molecule has 0 radical (unpaired) electrons. The van der Waals surface area contributed by atoms with Crippen molar-refractivity contribution in [2.75, 3.05) is 23.3 Å². The molecular weight excluding hydrogens is 202 g/mol. The summed E-state index contributed by atoms with van der Waals surface area (Å²) in [7, 11) is 1.94. The zero-order chi connectivity index (χ0) is 11.1. The van der Waals surface area contributed by atoms with Crippen LogP contribution in [0.1, 0.15) is 29.8 Å². The Hall–Kier alpha value is -1.45. The van der Waals surface area contributed by atoms with Gasteiger partial charge in [-0.05, 0) is 25.3 Å². The minimum atomic E-state index is 0.614. The van der Waals surface area contributed by atoms with Crippen LogP contribution < -0.4 is 10.2 Å². The van der Waals surface area contributed by atoms with Gasteiger partial charge in [-0.3, -0.25) is 4.79 Å². The number of aromatic nitrogens is 1. The van der Waals surface area contributed by atoms with Gasteiger partial charge in [-0.2, -0.15) is 0 Å². The first-order chi connectivity index (χ1) is 7.81. The van der Waals surface area contributed by atoms with E-state index in [2.05, 4.69) is 10.2 Å². The van der Waals surface area contributed by atoms with E-state index in [-0.39, 0.29) is 0 Å². The van der Waals surface area contributed by atoms with Crippen LogP contribution in [0.5, 0.6) is 0 Å². The van der Waals surface area contributed by atoms with Crippen LogP contribution in [0.4, 0.5) is 11.5 Å². The van der Waals surface area contributed by atoms with Gasteiger partial charge in [0, 0.05) is 26.2 Å². The van der Waals surface area contributed by atoms with Gasteiger partial charge in [0.05, 0.1) is 11.4 Å². The standard InChI is InChI=1S/C12H17N3O/c1-14-10(8-16)6-11-12(14)13-7-9-4-2-3-5-15(9)11/h6,8-9,13H,2-5,7H2,1H3. The molecule has 1 saturated heterocycles. The highest BCUT2D eigenvalue weighted by molar-refractivity contribution is 5.83. The number of rotatable bonds is 1. The van der Waals surface area contributed by atoms with Crippen molar-refractivity contribution in [3.8, 4) is 0 Å². The Morgan fingerprint density at radius 1 is 1.50 bits per heavy atom. The van der Waals surface area contributed by atoms with Crippen molar-refractivity contribution < 1.29 is 4.79 Å². The molecule has 0 aromatic carbocycles. The maximum Gasteiger partial charge on any atom is 0.166 e. The molecule has 4 heteroatoms. The van der Waals surface area contributed by atoms with E-state index >= 15 is 0 Å². The van der Waals surface area contributed by atoms with E-state index < -0.39 is 0 Å². The maximum atomic E-state index is 10.9. The lowest BCUT2D eigenvalue weighted by Crippen LogP contribution is -2.46. The fourth-order valence-electron chi connectivity index (χ4n) is 2.89. The van der Waals surface area contributed by atoms with Crippen LogP contribution in [0.25, 0.3) is 0 Å². The normalized spacial score (nSPS) is 23.3. The predicted molar refractivity (Wildman–Crippen MR) is 64.3 cm³/mol. The van der Waals surface area contributed by atoms with Crippen molar-refractivity contribution in [3.05, 3.63) is 11.8 Å². The molecule has 2 aliphatic heterocycles. The van der Waals surface area contributed by atoms with Crippen molar-refractivity contribution >= 4 is 17.8 Å². The molecule has 3 rings (SSSR count). The summed E-state index contributed by atoms with van der Waals surface area (Å²) in [5, 5.41) is 3.45. The SMILES string of the molecule is Cn1c(C=O)cc2c1NCC1CCCCN21. The Balaban J connectivity index is 2.04. The number of aldehydes is 1. The third-order valence-corrected chi connectivity index (χ3v) is 3.81. The molecule has 4 nitrogen and oxygen atoms in total. The van der Waals surface area contributed by atoms with Gasteiger partial charge in [0.1, 0.15) is 5.82 Å². The summed E-state index contributed by atoms with van der Waals surface area (Å²) in [6.45, 7) is 2.13. The third-order valence-electron chi connectivity index (χ3n) is 3.81. The van der Waals surface area contributed by atoms with E-state index in [1.165, 1.54) is 24.9 Å². The Bertz CT molecular complexity index is 424. The van der Waals surface area contributed by atoms with Gasteiger partial charge in [-0.1, -0.05) is 0 Å². The van der Waals surface area contributed by atoms with E-state index in [4.69, 9.17) is 0 Å². The molecule has 0 amide bonds. The average molecular weight is 219 g/mol. The summed E-state index contributed by atoms with van der Waals surface area (Å²) in [4.78, 5) is 13.4. The van der Waals surface area contributed by atoms with Crippen molar-refractivity contribution in [2.45, 2.75) is 25.3 Å². The molecule has 1 N–H and O–H groups in total. The van der Waals surface area contributed by atoms with Gasteiger partial charge in [0.15, 0.2) is 6.29 Å². The zero-order valence-corrected chi connectivity index (χ0v) is 9.57. The maximum absolute atomic E-state index is 10.9. The molecule has 3 heterocycles. The minimum Gasteiger partial charge on any atom is -0.368 e. The lowest BCUT2D eigenvalue weighted by Gasteiger charge is -2.41. The first kappa shape index (κ1) is 9.75. The van der Waals surface area contributed by atoms with E-state index in [1.807, 2.05) is 17.7 Å². The lowest BCUT2D eigenvalue weighted by atomic mass is 10.00. The second-order valence-electron chi connectivity index (χ2n) is 4.70. The highest BCUT2D eigenvalue weighted by Crippen LogP contribution is 2.36. The summed E-state index contributed by atoms with van der Waals surface area (Å²) in [5.74, 6) is 1.10. The van der Waals surface area contributed by atoms with Crippen molar-refractivity contribution in [3.63, 3.8) is 0 Å². The zero-order valence-electron chi connectivity index (χ0n) is 9.57. The van der Waals surface area contributed by atoms with Gasteiger partial charge in [0.2, 0.25) is 0 Å². The average Bonchev–Trinajstić information content (AvgIpc) is 2.67. The van der Waals surface area contributed by atoms with Gasteiger partial charge >= 0.3 is 0 Å². The second-order valence-corrected chi connectivity index (χ2v) is 4.70. The Morgan fingerprint density at radius 2 is 2.38 bits per heavy atom. The highest BCUT2D eigenvalue weighted by Gasteiger charge is 2.30. The fourth-order valence-corrected chi connectivity index (χ4v) is 2.89. The fraction of sp³-hybridized carbons (Fsp3) is 0.583. The molecule has 1 aromatic heterocycles. The molecule has 0 aliphatic carbocycles. The van der Waals surface area contributed by atoms with Crippen molar-refractivity contribution in [1.82, 2.24) is 4.57 Å². The number of hydrogen-bond donors (Lipinski definition) is 1. The van der Waals surface area contributed by atoms with E-state index in [1.54, 1.807) is 0 Å². The molecule has 86 valence electrons. The van der Waals surface area contributed by atoms with Gasteiger partial charge < -0.3 is 14.8 Å². The largest absolute Gasteiger partial charge is 0.368 e. The molecule has 2 aliphatic rings. The second kappa shape index (κ2) is 3.54. The van der Waals surface area contributed by atoms with E-state index in [0.29, 0.717) is 6.04 Å². The molecule has 1 fully saturated rings. The van der Waals surface area contributed by atoms with Gasteiger partial charge in [-0.15, -0.1) is 0 Å². The quantitative estimate of drug-likeness (QED) is 0.729. The lowest BCUT2D eigenvalue weighted by molar-refractivity contribution is 0.111. The predicted octanol–water partition coefficient (Wildman–Crippen LogP) is 1.62. The van der Waals surface area contributed by atoms with Crippen molar-refractivity contribution in [1.29, 1.82) is 0 Å². The topological polar surface area (TPSA) is 37.3 Å². The number of fused-ring (bicyclic) bond motifs is 3. The summed E-state index contributed by atoms with van der Waals surface area (Å²) in [5.41, 5.74) is 1.96. The number of piperidine rings is 1. The first-order valence-electron chi connectivity index (χ1n) is 5.96. The highest BCUT2D eigenvalue weighted by atomic mass is 16.1. The first-order valence-corrected chi connectivity index (χ1v) is 5.96. The summed E-state index contributed by atoms with van der Waals surface area (Å²) < 4.78 is 1.95. The molecule has 0 spiro atoms. The Labute approximate surface area is 95.2 Å². The summed E-state index contributed by atoms with van der Waals surface area (Å²) in [6, 6.07) is 2.62. The minimum absolute atomic E-state index is 0.614. The third kappa shape index (κ3) is 1.25. The molecular formula is C12H17N3O. The van der Waals surface area contributed by atoms with Crippen LogP contribution in [0.2, 0.25) is 0 Å².